The van der Waals surface area contributed by atoms with Crippen LogP contribution in [0.4, 0.5) is 0 Å². The predicted molar refractivity (Wildman–Crippen MR) is 99.7 cm³/mol. The van der Waals surface area contributed by atoms with E-state index in [2.05, 4.69) is 32.7 Å². The van der Waals surface area contributed by atoms with Gasteiger partial charge in [0.05, 0.1) is 18.6 Å². The zero-order chi connectivity index (χ0) is 18.4. The molecule has 0 aliphatic heterocycles. The molecule has 0 spiro atoms. The third-order valence-corrected chi connectivity index (χ3v) is 4.83. The van der Waals surface area contributed by atoms with Gasteiger partial charge in [0, 0.05) is 31.9 Å². The summed E-state index contributed by atoms with van der Waals surface area (Å²) >= 11 is 1.36. The molecular formula is C18H21N5O2S. The van der Waals surface area contributed by atoms with Gasteiger partial charge in [-0.1, -0.05) is 17.8 Å². The summed E-state index contributed by atoms with van der Waals surface area (Å²) in [5, 5.41) is 12.1. The molecule has 3 aromatic heterocycles. The number of rotatable bonds is 9. The lowest BCUT2D eigenvalue weighted by molar-refractivity contribution is -0.118. The van der Waals surface area contributed by atoms with Crippen LogP contribution in [0.25, 0.3) is 0 Å². The van der Waals surface area contributed by atoms with Crippen molar-refractivity contribution in [3.63, 3.8) is 0 Å². The quantitative estimate of drug-likeness (QED) is 0.462. The molecule has 0 bridgehead atoms. The van der Waals surface area contributed by atoms with Gasteiger partial charge in [0.1, 0.15) is 11.6 Å². The highest BCUT2D eigenvalue weighted by molar-refractivity contribution is 7.99. The number of nitrogens with zero attached hydrogens (tertiary/aromatic N) is 4. The predicted octanol–water partition coefficient (Wildman–Crippen LogP) is 2.39. The standard InChI is InChI=1S/C18H21N5O2S/c1-3-8-23-16(11-14-6-4-9-22(14)2)20-21-18(23)26-13-17(24)19-12-15-7-5-10-25-15/h3-7,9-10H,1,8,11-13H2,2H3,(H,19,24). The molecule has 0 unspecified atom stereocenters. The fourth-order valence-electron chi connectivity index (χ4n) is 2.49. The minimum absolute atomic E-state index is 0.0801. The molecule has 8 heteroatoms. The molecule has 3 aromatic rings. The van der Waals surface area contributed by atoms with E-state index in [-0.39, 0.29) is 11.7 Å². The Morgan fingerprint density at radius 2 is 2.27 bits per heavy atom. The third kappa shape index (κ3) is 4.45. The van der Waals surface area contributed by atoms with Crippen LogP contribution >= 0.6 is 11.8 Å². The van der Waals surface area contributed by atoms with Gasteiger partial charge < -0.3 is 18.9 Å². The summed E-state index contributed by atoms with van der Waals surface area (Å²) < 4.78 is 9.25. The molecule has 0 aliphatic rings. The number of nitrogens with one attached hydrogen (secondary N) is 1. The molecule has 0 aromatic carbocycles. The van der Waals surface area contributed by atoms with E-state index in [1.807, 2.05) is 29.9 Å². The van der Waals surface area contributed by atoms with E-state index in [9.17, 15) is 4.79 Å². The van der Waals surface area contributed by atoms with Crippen LogP contribution in [0.15, 0.2) is 59.0 Å². The Hall–Kier alpha value is -2.74. The van der Waals surface area contributed by atoms with Crippen molar-refractivity contribution in [2.45, 2.75) is 24.7 Å². The van der Waals surface area contributed by atoms with Crippen LogP contribution in [0.2, 0.25) is 0 Å². The number of aromatic nitrogens is 4. The van der Waals surface area contributed by atoms with Crippen molar-refractivity contribution in [2.24, 2.45) is 7.05 Å². The van der Waals surface area contributed by atoms with Crippen molar-refractivity contribution in [3.05, 3.63) is 66.7 Å². The summed E-state index contributed by atoms with van der Waals surface area (Å²) in [7, 11) is 2.00. The summed E-state index contributed by atoms with van der Waals surface area (Å²) in [5.74, 6) is 1.76. The first-order valence-corrected chi connectivity index (χ1v) is 9.21. The number of carbonyl (C=O) groups is 1. The lowest BCUT2D eigenvalue weighted by Gasteiger charge is -2.08. The minimum Gasteiger partial charge on any atom is -0.467 e. The molecule has 0 saturated heterocycles. The lowest BCUT2D eigenvalue weighted by Crippen LogP contribution is -2.24. The number of aryl methyl sites for hydroxylation is 1. The Bertz CT molecular complexity index is 866. The first kappa shape index (κ1) is 18.1. The van der Waals surface area contributed by atoms with E-state index in [1.165, 1.54) is 11.8 Å². The molecular weight excluding hydrogens is 350 g/mol. The SMILES string of the molecule is C=CCn1c(Cc2cccn2C)nnc1SCC(=O)NCc1ccco1. The van der Waals surface area contributed by atoms with E-state index < -0.39 is 0 Å². The summed E-state index contributed by atoms with van der Waals surface area (Å²) in [6.07, 6.45) is 6.07. The van der Waals surface area contributed by atoms with Crippen LogP contribution in [0.5, 0.6) is 0 Å². The highest BCUT2D eigenvalue weighted by Gasteiger charge is 2.15. The van der Waals surface area contributed by atoms with Crippen molar-refractivity contribution >= 4 is 17.7 Å². The summed E-state index contributed by atoms with van der Waals surface area (Å²) in [5.41, 5.74) is 1.15. The maximum atomic E-state index is 12.0. The van der Waals surface area contributed by atoms with Gasteiger partial charge in [-0.2, -0.15) is 0 Å². The van der Waals surface area contributed by atoms with Gasteiger partial charge >= 0.3 is 0 Å². The molecule has 0 radical (unpaired) electrons. The maximum Gasteiger partial charge on any atom is 0.230 e. The molecule has 1 N–H and O–H groups in total. The fourth-order valence-corrected chi connectivity index (χ4v) is 3.29. The number of hydrogen-bond acceptors (Lipinski definition) is 5. The third-order valence-electron chi connectivity index (χ3n) is 3.87. The number of hydrogen-bond donors (Lipinski definition) is 1. The van der Waals surface area contributed by atoms with E-state index in [0.29, 0.717) is 24.7 Å². The molecule has 0 saturated carbocycles. The van der Waals surface area contributed by atoms with Gasteiger partial charge in [-0.05, 0) is 24.3 Å². The lowest BCUT2D eigenvalue weighted by atomic mass is 10.3. The topological polar surface area (TPSA) is 77.9 Å². The molecule has 0 aliphatic carbocycles. The number of thioether (sulfide) groups is 1. The van der Waals surface area contributed by atoms with E-state index in [1.54, 1.807) is 18.4 Å². The van der Waals surface area contributed by atoms with Gasteiger partial charge in [-0.25, -0.2) is 0 Å². The average molecular weight is 371 g/mol. The Labute approximate surface area is 156 Å². The van der Waals surface area contributed by atoms with E-state index >= 15 is 0 Å². The van der Waals surface area contributed by atoms with Gasteiger partial charge in [-0.15, -0.1) is 16.8 Å². The summed E-state index contributed by atoms with van der Waals surface area (Å²) in [6.45, 7) is 4.78. The smallest absolute Gasteiger partial charge is 0.230 e. The second-order valence-electron chi connectivity index (χ2n) is 5.73. The van der Waals surface area contributed by atoms with Crippen molar-refractivity contribution < 1.29 is 9.21 Å². The second kappa shape index (κ2) is 8.57. The van der Waals surface area contributed by atoms with Crippen molar-refractivity contribution in [2.75, 3.05) is 5.75 Å². The van der Waals surface area contributed by atoms with Crippen LogP contribution in [0.1, 0.15) is 17.3 Å². The van der Waals surface area contributed by atoms with Crippen molar-refractivity contribution in [3.8, 4) is 0 Å². The average Bonchev–Trinajstić information content (AvgIpc) is 3.36. The first-order chi connectivity index (χ1) is 12.7. The normalized spacial score (nSPS) is 10.8. The van der Waals surface area contributed by atoms with Crippen LogP contribution in [0, 0.1) is 0 Å². The highest BCUT2D eigenvalue weighted by Crippen LogP contribution is 2.19. The fraction of sp³-hybridized carbons (Fsp3) is 0.278. The van der Waals surface area contributed by atoms with Crippen LogP contribution in [0.3, 0.4) is 0 Å². The first-order valence-electron chi connectivity index (χ1n) is 8.22. The zero-order valence-electron chi connectivity index (χ0n) is 14.6. The molecule has 136 valence electrons. The molecule has 0 atom stereocenters. The Morgan fingerprint density at radius 1 is 1.38 bits per heavy atom. The molecule has 1 amide bonds. The maximum absolute atomic E-state index is 12.0. The van der Waals surface area contributed by atoms with Crippen LogP contribution in [-0.4, -0.2) is 31.0 Å². The Kier molecular flexibility index (Phi) is 5.96. The van der Waals surface area contributed by atoms with Crippen molar-refractivity contribution in [1.82, 2.24) is 24.6 Å². The molecule has 0 fully saturated rings. The van der Waals surface area contributed by atoms with Crippen LogP contribution in [-0.2, 0) is 31.4 Å². The molecule has 3 rings (SSSR count). The van der Waals surface area contributed by atoms with Crippen LogP contribution < -0.4 is 5.32 Å². The monoisotopic (exact) mass is 371 g/mol. The zero-order valence-corrected chi connectivity index (χ0v) is 15.4. The summed E-state index contributed by atoms with van der Waals surface area (Å²) in [6, 6.07) is 7.68. The molecule has 7 nitrogen and oxygen atoms in total. The number of carbonyl (C=O) groups excluding carboxylic acids is 1. The van der Waals surface area contributed by atoms with Gasteiger partial charge in [-0.3, -0.25) is 4.79 Å². The molecule has 3 heterocycles. The minimum atomic E-state index is -0.0801. The Morgan fingerprint density at radius 3 is 2.96 bits per heavy atom. The number of furan rings is 1. The summed E-state index contributed by atoms with van der Waals surface area (Å²) in [4.78, 5) is 12.0. The van der Waals surface area contributed by atoms with Gasteiger partial charge in [0.2, 0.25) is 5.91 Å². The highest BCUT2D eigenvalue weighted by atomic mass is 32.2. The van der Waals surface area contributed by atoms with E-state index in [0.717, 1.165) is 17.3 Å². The van der Waals surface area contributed by atoms with Crippen molar-refractivity contribution in [1.29, 1.82) is 0 Å². The van der Waals surface area contributed by atoms with Gasteiger partial charge in [0.25, 0.3) is 0 Å². The van der Waals surface area contributed by atoms with Gasteiger partial charge in [0.15, 0.2) is 5.16 Å². The second-order valence-corrected chi connectivity index (χ2v) is 6.67. The molecule has 26 heavy (non-hydrogen) atoms. The van der Waals surface area contributed by atoms with E-state index in [4.69, 9.17) is 4.42 Å². The Balaban J connectivity index is 1.61. The number of allylic oxidation sites excluding steroid dienone is 1. The largest absolute Gasteiger partial charge is 0.467 e. The number of amides is 1.